The second kappa shape index (κ2) is 9.97. The van der Waals surface area contributed by atoms with E-state index in [0.717, 1.165) is 11.3 Å². The van der Waals surface area contributed by atoms with Gasteiger partial charge in [0.2, 0.25) is 11.7 Å². The van der Waals surface area contributed by atoms with Gasteiger partial charge in [0.15, 0.2) is 11.5 Å². The van der Waals surface area contributed by atoms with Gasteiger partial charge in [-0.05, 0) is 24.6 Å². The van der Waals surface area contributed by atoms with Crippen molar-refractivity contribution in [1.29, 1.82) is 0 Å². The molecule has 1 N–H and O–H groups in total. The molecule has 0 bridgehead atoms. The van der Waals surface area contributed by atoms with Gasteiger partial charge in [-0.15, -0.1) is 11.8 Å². The molecule has 0 aromatic heterocycles. The van der Waals surface area contributed by atoms with Crippen molar-refractivity contribution < 1.29 is 19.0 Å². The molecular weight excluding hydrogens is 350 g/mol. The smallest absolute Gasteiger partial charge is 0.230 e. The Balaban J connectivity index is 1.87. The van der Waals surface area contributed by atoms with Crippen LogP contribution in [0, 0.1) is 6.92 Å². The van der Waals surface area contributed by atoms with Crippen molar-refractivity contribution in [2.45, 2.75) is 19.2 Å². The largest absolute Gasteiger partial charge is 0.493 e. The highest BCUT2D eigenvalue weighted by atomic mass is 32.2. The number of benzene rings is 2. The molecule has 0 unspecified atom stereocenters. The number of hydrogen-bond acceptors (Lipinski definition) is 5. The topological polar surface area (TPSA) is 56.8 Å². The summed E-state index contributed by atoms with van der Waals surface area (Å²) in [5.74, 6) is 2.89. The van der Waals surface area contributed by atoms with E-state index in [0.29, 0.717) is 29.5 Å². The maximum atomic E-state index is 12.1. The molecule has 0 fully saturated rings. The monoisotopic (exact) mass is 375 g/mol. The lowest BCUT2D eigenvalue weighted by Gasteiger charge is -2.16. The minimum Gasteiger partial charge on any atom is -0.493 e. The number of rotatable bonds is 9. The fourth-order valence-corrected chi connectivity index (χ4v) is 3.31. The first-order valence-corrected chi connectivity index (χ1v) is 9.42. The minimum atomic E-state index is -0.0149. The SMILES string of the molecule is COc1ccc(CNC(=O)CSCc2ccc(C)cc2)c(OC)c1OC. The lowest BCUT2D eigenvalue weighted by atomic mass is 10.1. The van der Waals surface area contributed by atoms with Crippen molar-refractivity contribution in [2.75, 3.05) is 27.1 Å². The van der Waals surface area contributed by atoms with Gasteiger partial charge < -0.3 is 19.5 Å². The Morgan fingerprint density at radius 1 is 0.962 bits per heavy atom. The van der Waals surface area contributed by atoms with Gasteiger partial charge in [-0.3, -0.25) is 4.79 Å². The number of thioether (sulfide) groups is 1. The number of carbonyl (C=O) groups is 1. The van der Waals surface area contributed by atoms with Crippen LogP contribution in [-0.4, -0.2) is 33.0 Å². The van der Waals surface area contributed by atoms with E-state index in [1.807, 2.05) is 6.07 Å². The molecule has 2 aromatic carbocycles. The third-order valence-corrected chi connectivity index (χ3v) is 4.89. The molecule has 0 saturated heterocycles. The molecule has 0 saturated carbocycles. The predicted molar refractivity (Wildman–Crippen MR) is 105 cm³/mol. The van der Waals surface area contributed by atoms with Crippen LogP contribution < -0.4 is 19.5 Å². The molecule has 0 aliphatic rings. The van der Waals surface area contributed by atoms with Gasteiger partial charge in [0.1, 0.15) is 0 Å². The van der Waals surface area contributed by atoms with E-state index in [1.54, 1.807) is 39.2 Å². The van der Waals surface area contributed by atoms with Gasteiger partial charge in [0.05, 0.1) is 27.1 Å². The molecule has 140 valence electrons. The molecule has 0 heterocycles. The summed E-state index contributed by atoms with van der Waals surface area (Å²) in [6.45, 7) is 2.43. The maximum absolute atomic E-state index is 12.1. The predicted octanol–water partition coefficient (Wildman–Crippen LogP) is 3.57. The molecule has 0 aliphatic carbocycles. The van der Waals surface area contributed by atoms with Crippen LogP contribution in [0.4, 0.5) is 0 Å². The molecule has 0 aliphatic heterocycles. The van der Waals surface area contributed by atoms with Gasteiger partial charge in [-0.25, -0.2) is 0 Å². The summed E-state index contributed by atoms with van der Waals surface area (Å²) in [6.07, 6.45) is 0. The van der Waals surface area contributed by atoms with E-state index in [1.165, 1.54) is 11.1 Å². The lowest BCUT2D eigenvalue weighted by Crippen LogP contribution is -2.25. The molecule has 26 heavy (non-hydrogen) atoms. The number of aryl methyl sites for hydroxylation is 1. The fourth-order valence-electron chi connectivity index (χ4n) is 2.49. The van der Waals surface area contributed by atoms with Gasteiger partial charge in [0.25, 0.3) is 0 Å². The van der Waals surface area contributed by atoms with Crippen LogP contribution in [0.2, 0.25) is 0 Å². The Hall–Kier alpha value is -2.34. The highest BCUT2D eigenvalue weighted by Gasteiger charge is 2.16. The average molecular weight is 375 g/mol. The number of amides is 1. The van der Waals surface area contributed by atoms with Gasteiger partial charge in [-0.2, -0.15) is 0 Å². The van der Waals surface area contributed by atoms with Crippen LogP contribution in [-0.2, 0) is 17.1 Å². The van der Waals surface area contributed by atoms with E-state index in [9.17, 15) is 4.79 Å². The number of methoxy groups -OCH3 is 3. The second-order valence-electron chi connectivity index (χ2n) is 5.75. The molecule has 1 amide bonds. The van der Waals surface area contributed by atoms with Crippen LogP contribution in [0.3, 0.4) is 0 Å². The highest BCUT2D eigenvalue weighted by molar-refractivity contribution is 7.99. The fraction of sp³-hybridized carbons (Fsp3) is 0.350. The summed E-state index contributed by atoms with van der Waals surface area (Å²) in [4.78, 5) is 12.1. The maximum Gasteiger partial charge on any atom is 0.230 e. The Labute approximate surface area is 159 Å². The molecular formula is C20H25NO4S. The van der Waals surface area contributed by atoms with Crippen LogP contribution in [0.5, 0.6) is 17.2 Å². The van der Waals surface area contributed by atoms with Crippen molar-refractivity contribution >= 4 is 17.7 Å². The number of nitrogens with one attached hydrogen (secondary N) is 1. The molecule has 0 spiro atoms. The Kier molecular flexibility index (Phi) is 7.66. The summed E-state index contributed by atoms with van der Waals surface area (Å²) in [6, 6.07) is 12.0. The van der Waals surface area contributed by atoms with Crippen molar-refractivity contribution in [1.82, 2.24) is 5.32 Å². The normalized spacial score (nSPS) is 10.3. The van der Waals surface area contributed by atoms with Crippen molar-refractivity contribution in [3.8, 4) is 17.2 Å². The molecule has 0 atom stereocenters. The first-order chi connectivity index (χ1) is 12.6. The number of hydrogen-bond donors (Lipinski definition) is 1. The third kappa shape index (κ3) is 5.33. The Bertz CT molecular complexity index is 731. The van der Waals surface area contributed by atoms with Crippen LogP contribution in [0.1, 0.15) is 16.7 Å². The second-order valence-corrected chi connectivity index (χ2v) is 6.73. The zero-order chi connectivity index (χ0) is 18.9. The van der Waals surface area contributed by atoms with Crippen molar-refractivity contribution in [3.63, 3.8) is 0 Å². The summed E-state index contributed by atoms with van der Waals surface area (Å²) in [5, 5.41) is 2.92. The van der Waals surface area contributed by atoms with Crippen LogP contribution >= 0.6 is 11.8 Å². The van der Waals surface area contributed by atoms with Gasteiger partial charge in [0, 0.05) is 17.9 Å². The number of ether oxygens (including phenoxy) is 3. The zero-order valence-electron chi connectivity index (χ0n) is 15.6. The van der Waals surface area contributed by atoms with Gasteiger partial charge in [-0.1, -0.05) is 29.8 Å². The third-order valence-electron chi connectivity index (χ3n) is 3.88. The first-order valence-electron chi connectivity index (χ1n) is 8.26. The standard InChI is InChI=1S/C20H25NO4S/c1-14-5-7-15(8-6-14)12-26-13-18(22)21-11-16-9-10-17(23-2)20(25-4)19(16)24-3/h5-10H,11-13H2,1-4H3,(H,21,22). The summed E-state index contributed by atoms with van der Waals surface area (Å²) in [5.41, 5.74) is 3.29. The van der Waals surface area contributed by atoms with E-state index in [2.05, 4.69) is 36.5 Å². The van der Waals surface area contributed by atoms with E-state index in [4.69, 9.17) is 14.2 Å². The van der Waals surface area contributed by atoms with E-state index < -0.39 is 0 Å². The summed E-state index contributed by atoms with van der Waals surface area (Å²) in [7, 11) is 4.70. The molecule has 2 rings (SSSR count). The summed E-state index contributed by atoms with van der Waals surface area (Å²) >= 11 is 1.59. The minimum absolute atomic E-state index is 0.0149. The molecule has 6 heteroatoms. The quantitative estimate of drug-likeness (QED) is 0.726. The van der Waals surface area contributed by atoms with E-state index >= 15 is 0 Å². The van der Waals surface area contributed by atoms with Crippen LogP contribution in [0.15, 0.2) is 36.4 Å². The lowest BCUT2D eigenvalue weighted by molar-refractivity contribution is -0.118. The van der Waals surface area contributed by atoms with E-state index in [-0.39, 0.29) is 5.91 Å². The van der Waals surface area contributed by atoms with Crippen molar-refractivity contribution in [2.24, 2.45) is 0 Å². The molecule has 2 aromatic rings. The summed E-state index contributed by atoms with van der Waals surface area (Å²) < 4.78 is 16.1. The highest BCUT2D eigenvalue weighted by Crippen LogP contribution is 2.39. The molecule has 0 radical (unpaired) electrons. The first kappa shape index (κ1) is 20.0. The zero-order valence-corrected chi connectivity index (χ0v) is 16.4. The number of carbonyl (C=O) groups excluding carboxylic acids is 1. The van der Waals surface area contributed by atoms with Gasteiger partial charge >= 0.3 is 0 Å². The van der Waals surface area contributed by atoms with Crippen molar-refractivity contribution in [3.05, 3.63) is 53.1 Å². The Morgan fingerprint density at radius 3 is 2.27 bits per heavy atom. The average Bonchev–Trinajstić information content (AvgIpc) is 2.66. The molecule has 5 nitrogen and oxygen atoms in total. The Morgan fingerprint density at radius 2 is 1.65 bits per heavy atom. The van der Waals surface area contributed by atoms with Crippen LogP contribution in [0.25, 0.3) is 0 Å².